The van der Waals surface area contributed by atoms with Gasteiger partial charge in [-0.3, -0.25) is 35.9 Å². The molecule has 2 amide bonds. The van der Waals surface area contributed by atoms with Crippen molar-refractivity contribution in [2.24, 2.45) is 0 Å². The number of nitrogens with zero attached hydrogens (tertiary/aromatic N) is 1. The lowest BCUT2D eigenvalue weighted by Gasteiger charge is -2.12. The van der Waals surface area contributed by atoms with Crippen LogP contribution in [0, 0.1) is 10.1 Å². The number of nitro benzene ring substituents is 1. The Bertz CT molecular complexity index is 899. The minimum absolute atomic E-state index is 0.0196. The summed E-state index contributed by atoms with van der Waals surface area (Å²) in [5.41, 5.74) is 4.84. The number of nitrogens with one attached hydrogen (secondary N) is 3. The first-order valence-corrected chi connectivity index (χ1v) is 8.60. The van der Waals surface area contributed by atoms with Crippen LogP contribution in [0.15, 0.2) is 48.5 Å². The number of thiocarbonyl (C=S) groups is 1. The molecule has 0 aliphatic carbocycles. The summed E-state index contributed by atoms with van der Waals surface area (Å²) in [6.07, 6.45) is 0.0196. The molecule has 3 N–H and O–H groups in total. The Hall–Kier alpha value is -3.53. The number of rotatable bonds is 5. The van der Waals surface area contributed by atoms with Crippen LogP contribution in [0.5, 0.6) is 5.75 Å². The summed E-state index contributed by atoms with van der Waals surface area (Å²) in [7, 11) is 0. The standard InChI is InChI=1S/C18H18N4O5S/c1-11(2)27-15-8-6-12(7-9-15)16(23)19-18(28)21-20-17(24)13-4-3-5-14(10-13)22(25)26/h3-11H,1-2H3,(H,20,24)(H2,19,21,23,28). The molecule has 28 heavy (non-hydrogen) atoms. The highest BCUT2D eigenvalue weighted by molar-refractivity contribution is 7.80. The monoisotopic (exact) mass is 402 g/mol. The number of hydrogen-bond donors (Lipinski definition) is 3. The van der Waals surface area contributed by atoms with Gasteiger partial charge in [-0.2, -0.15) is 0 Å². The minimum Gasteiger partial charge on any atom is -0.491 e. The second-order valence-electron chi connectivity index (χ2n) is 5.86. The first-order chi connectivity index (χ1) is 13.3. The number of amides is 2. The first kappa shape index (κ1) is 20.8. The highest BCUT2D eigenvalue weighted by Gasteiger charge is 2.13. The molecule has 0 atom stereocenters. The van der Waals surface area contributed by atoms with Crippen molar-refractivity contribution in [1.29, 1.82) is 0 Å². The Morgan fingerprint density at radius 2 is 1.71 bits per heavy atom. The molecule has 0 aromatic heterocycles. The molecule has 0 saturated heterocycles. The fourth-order valence-electron chi connectivity index (χ4n) is 2.11. The van der Waals surface area contributed by atoms with Gasteiger partial charge in [0.1, 0.15) is 5.75 Å². The zero-order chi connectivity index (χ0) is 20.7. The molecule has 0 unspecified atom stereocenters. The van der Waals surface area contributed by atoms with Crippen molar-refractivity contribution in [3.8, 4) is 5.75 Å². The second kappa shape index (κ2) is 9.42. The number of non-ortho nitro benzene ring substituents is 1. The van der Waals surface area contributed by atoms with E-state index >= 15 is 0 Å². The smallest absolute Gasteiger partial charge is 0.270 e. The lowest BCUT2D eigenvalue weighted by Crippen LogP contribution is -2.48. The maximum atomic E-state index is 12.2. The maximum Gasteiger partial charge on any atom is 0.270 e. The number of nitro groups is 1. The Kier molecular flexibility index (Phi) is 6.99. The third-order valence-electron chi connectivity index (χ3n) is 3.32. The molecule has 10 heteroatoms. The van der Waals surface area contributed by atoms with E-state index in [-0.39, 0.29) is 22.5 Å². The number of hydrazine groups is 1. The van der Waals surface area contributed by atoms with Crippen LogP contribution in [0.3, 0.4) is 0 Å². The summed E-state index contributed by atoms with van der Waals surface area (Å²) < 4.78 is 5.50. The van der Waals surface area contributed by atoms with E-state index in [0.29, 0.717) is 11.3 Å². The third-order valence-corrected chi connectivity index (χ3v) is 3.53. The van der Waals surface area contributed by atoms with Gasteiger partial charge in [0.25, 0.3) is 17.5 Å². The fourth-order valence-corrected chi connectivity index (χ4v) is 2.25. The van der Waals surface area contributed by atoms with Crippen LogP contribution in [-0.2, 0) is 0 Å². The normalized spacial score (nSPS) is 10.1. The Morgan fingerprint density at radius 3 is 2.32 bits per heavy atom. The lowest BCUT2D eigenvalue weighted by atomic mass is 10.2. The summed E-state index contributed by atoms with van der Waals surface area (Å²) in [5, 5.41) is 13.0. The van der Waals surface area contributed by atoms with Crippen LogP contribution >= 0.6 is 12.2 Å². The van der Waals surface area contributed by atoms with Crippen molar-refractivity contribution in [1.82, 2.24) is 16.2 Å². The molecule has 0 radical (unpaired) electrons. The molecule has 0 heterocycles. The minimum atomic E-state index is -0.643. The molecule has 0 aliphatic heterocycles. The molecule has 146 valence electrons. The Labute approximate surface area is 166 Å². The highest BCUT2D eigenvalue weighted by Crippen LogP contribution is 2.14. The SMILES string of the molecule is CC(C)Oc1ccc(C(=O)NC(=S)NNC(=O)c2cccc([N+](=O)[O-])c2)cc1. The van der Waals surface area contributed by atoms with Gasteiger partial charge in [-0.1, -0.05) is 6.07 Å². The molecule has 2 rings (SSSR count). The summed E-state index contributed by atoms with van der Waals surface area (Å²) in [4.78, 5) is 34.3. The molecule has 0 bridgehead atoms. The van der Waals surface area contributed by atoms with Gasteiger partial charge in [-0.15, -0.1) is 0 Å². The van der Waals surface area contributed by atoms with Crippen LogP contribution in [-0.4, -0.2) is 28.0 Å². The van der Waals surface area contributed by atoms with E-state index in [0.717, 1.165) is 6.07 Å². The zero-order valence-electron chi connectivity index (χ0n) is 15.1. The van der Waals surface area contributed by atoms with Gasteiger partial charge < -0.3 is 4.74 Å². The van der Waals surface area contributed by atoms with Crippen molar-refractivity contribution in [2.75, 3.05) is 0 Å². The van der Waals surface area contributed by atoms with Crippen molar-refractivity contribution < 1.29 is 19.2 Å². The zero-order valence-corrected chi connectivity index (χ0v) is 15.9. The number of hydrogen-bond acceptors (Lipinski definition) is 6. The van der Waals surface area contributed by atoms with Gasteiger partial charge in [-0.05, 0) is 56.4 Å². The van der Waals surface area contributed by atoms with E-state index in [4.69, 9.17) is 17.0 Å². The van der Waals surface area contributed by atoms with E-state index in [1.165, 1.54) is 18.2 Å². The molecular formula is C18H18N4O5S. The van der Waals surface area contributed by atoms with Crippen LogP contribution in [0.25, 0.3) is 0 Å². The Balaban J connectivity index is 1.88. The summed E-state index contributed by atoms with van der Waals surface area (Å²) in [5.74, 6) is -0.481. The van der Waals surface area contributed by atoms with Gasteiger partial charge >= 0.3 is 0 Å². The second-order valence-corrected chi connectivity index (χ2v) is 6.27. The quantitative estimate of drug-likeness (QED) is 0.398. The molecule has 0 aliphatic rings. The Morgan fingerprint density at radius 1 is 1.04 bits per heavy atom. The van der Waals surface area contributed by atoms with Crippen molar-refractivity contribution >= 4 is 34.8 Å². The molecule has 2 aromatic rings. The van der Waals surface area contributed by atoms with E-state index < -0.39 is 16.7 Å². The molecule has 0 saturated carbocycles. The van der Waals surface area contributed by atoms with Crippen LogP contribution in [0.4, 0.5) is 5.69 Å². The van der Waals surface area contributed by atoms with Gasteiger partial charge in [-0.25, -0.2) is 0 Å². The van der Waals surface area contributed by atoms with E-state index in [9.17, 15) is 19.7 Å². The average molecular weight is 402 g/mol. The van der Waals surface area contributed by atoms with Crippen LogP contribution in [0.2, 0.25) is 0 Å². The van der Waals surface area contributed by atoms with Crippen LogP contribution < -0.4 is 20.9 Å². The molecule has 0 fully saturated rings. The van der Waals surface area contributed by atoms with Crippen LogP contribution in [0.1, 0.15) is 34.6 Å². The van der Waals surface area contributed by atoms with Gasteiger partial charge in [0.15, 0.2) is 5.11 Å². The van der Waals surface area contributed by atoms with Gasteiger partial charge in [0.2, 0.25) is 0 Å². The largest absolute Gasteiger partial charge is 0.491 e. The molecule has 9 nitrogen and oxygen atoms in total. The predicted molar refractivity (Wildman–Crippen MR) is 106 cm³/mol. The van der Waals surface area contributed by atoms with E-state index in [1.807, 2.05) is 13.8 Å². The third kappa shape index (κ3) is 6.02. The maximum absolute atomic E-state index is 12.2. The summed E-state index contributed by atoms with van der Waals surface area (Å²) in [6, 6.07) is 11.7. The van der Waals surface area contributed by atoms with E-state index in [2.05, 4.69) is 16.2 Å². The summed E-state index contributed by atoms with van der Waals surface area (Å²) in [6.45, 7) is 3.79. The van der Waals surface area contributed by atoms with Gasteiger partial charge in [0.05, 0.1) is 11.0 Å². The fraction of sp³-hybridized carbons (Fsp3) is 0.167. The lowest BCUT2D eigenvalue weighted by molar-refractivity contribution is -0.384. The number of carbonyl (C=O) groups excluding carboxylic acids is 2. The van der Waals surface area contributed by atoms with Crippen molar-refractivity contribution in [3.63, 3.8) is 0 Å². The molecular weight excluding hydrogens is 384 g/mol. The van der Waals surface area contributed by atoms with Crippen molar-refractivity contribution in [3.05, 3.63) is 69.8 Å². The van der Waals surface area contributed by atoms with Gasteiger partial charge in [0, 0.05) is 23.3 Å². The average Bonchev–Trinajstić information content (AvgIpc) is 2.66. The van der Waals surface area contributed by atoms with E-state index in [1.54, 1.807) is 24.3 Å². The molecule has 0 spiro atoms. The van der Waals surface area contributed by atoms with Crippen molar-refractivity contribution in [2.45, 2.75) is 20.0 Å². The number of carbonyl (C=O) groups is 2. The highest BCUT2D eigenvalue weighted by atomic mass is 32.1. The number of benzene rings is 2. The number of ether oxygens (including phenoxy) is 1. The predicted octanol–water partition coefficient (Wildman–Crippen LogP) is 2.33. The summed E-state index contributed by atoms with van der Waals surface area (Å²) >= 11 is 4.96. The topological polar surface area (TPSA) is 123 Å². The first-order valence-electron chi connectivity index (χ1n) is 8.19. The molecule has 2 aromatic carbocycles.